The highest BCUT2D eigenvalue weighted by molar-refractivity contribution is 5.77. The predicted molar refractivity (Wildman–Crippen MR) is 136 cm³/mol. The lowest BCUT2D eigenvalue weighted by Crippen LogP contribution is -2.54. The van der Waals surface area contributed by atoms with Crippen LogP contribution in [0.15, 0.2) is 24.3 Å². The second-order valence-corrected chi connectivity index (χ2v) is 9.47. The summed E-state index contributed by atoms with van der Waals surface area (Å²) in [5.41, 5.74) is 24.3. The normalized spacial score (nSPS) is 19.8. The number of rotatable bonds is 10. The number of aryl methyl sites for hydroxylation is 1. The molecule has 0 radical (unpaired) electrons. The molecule has 4 amide bonds. The van der Waals surface area contributed by atoms with Gasteiger partial charge in [-0.05, 0) is 18.9 Å². The van der Waals surface area contributed by atoms with E-state index in [9.17, 15) is 19.2 Å². The van der Waals surface area contributed by atoms with Crippen LogP contribution in [0, 0.1) is 6.92 Å². The van der Waals surface area contributed by atoms with Crippen LogP contribution in [-0.4, -0.2) is 121 Å². The highest BCUT2D eigenvalue weighted by Crippen LogP contribution is 2.14. The molecule has 1 unspecified atom stereocenters. The van der Waals surface area contributed by atoms with Crippen molar-refractivity contribution in [2.24, 2.45) is 22.9 Å². The molecule has 12 nitrogen and oxygen atoms in total. The summed E-state index contributed by atoms with van der Waals surface area (Å²) in [5, 5.41) is 0. The number of hydrogen-bond acceptors (Lipinski definition) is 8. The minimum absolute atomic E-state index is 0.0269. The molecule has 1 heterocycles. The van der Waals surface area contributed by atoms with Crippen molar-refractivity contribution in [3.05, 3.63) is 35.4 Å². The average Bonchev–Trinajstić information content (AvgIpc) is 2.76. The molecular weight excluding hydrogens is 464 g/mol. The van der Waals surface area contributed by atoms with Crippen molar-refractivity contribution in [1.82, 2.24) is 19.6 Å². The van der Waals surface area contributed by atoms with Gasteiger partial charge in [0.05, 0.1) is 26.2 Å². The lowest BCUT2D eigenvalue weighted by molar-refractivity contribution is -0.122. The molecule has 0 aliphatic carbocycles. The Balaban J connectivity index is 2.38. The molecular formula is C24H40N8O4. The maximum Gasteiger partial charge on any atom is 0.231 e. The average molecular weight is 505 g/mol. The Hall–Kier alpha value is -3.06. The second-order valence-electron chi connectivity index (χ2n) is 9.47. The van der Waals surface area contributed by atoms with E-state index in [1.54, 1.807) is 0 Å². The number of benzene rings is 1. The summed E-state index contributed by atoms with van der Waals surface area (Å²) in [6.07, 6.45) is 0.615. The van der Waals surface area contributed by atoms with Crippen LogP contribution in [0.1, 0.15) is 11.1 Å². The van der Waals surface area contributed by atoms with Gasteiger partial charge in [-0.3, -0.25) is 38.8 Å². The molecule has 1 fully saturated rings. The van der Waals surface area contributed by atoms with Gasteiger partial charge in [0.25, 0.3) is 0 Å². The smallest absolute Gasteiger partial charge is 0.231 e. The molecule has 1 saturated heterocycles. The van der Waals surface area contributed by atoms with Crippen molar-refractivity contribution < 1.29 is 19.2 Å². The number of nitrogens with two attached hydrogens (primary N) is 4. The SMILES string of the molecule is Cc1ccc(CC2CN(CC(N)=O)CCN(CC(N)=O)CCN(CC(N)=O)CCN2CC(N)=O)cc1. The fraction of sp³-hybridized carbons (Fsp3) is 0.583. The van der Waals surface area contributed by atoms with Gasteiger partial charge in [0.1, 0.15) is 0 Å². The van der Waals surface area contributed by atoms with Gasteiger partial charge < -0.3 is 22.9 Å². The molecule has 2 rings (SSSR count). The number of hydrogen-bond donors (Lipinski definition) is 4. The molecule has 36 heavy (non-hydrogen) atoms. The lowest BCUT2D eigenvalue weighted by atomic mass is 10.0. The van der Waals surface area contributed by atoms with Crippen LogP contribution >= 0.6 is 0 Å². The fourth-order valence-corrected chi connectivity index (χ4v) is 4.47. The van der Waals surface area contributed by atoms with Crippen molar-refractivity contribution in [2.75, 3.05) is 72.0 Å². The molecule has 8 N–H and O–H groups in total. The Morgan fingerprint density at radius 3 is 1.56 bits per heavy atom. The largest absolute Gasteiger partial charge is 0.369 e. The molecule has 0 spiro atoms. The monoisotopic (exact) mass is 504 g/mol. The Morgan fingerprint density at radius 1 is 0.667 bits per heavy atom. The molecule has 1 aliphatic rings. The van der Waals surface area contributed by atoms with E-state index < -0.39 is 23.6 Å². The van der Waals surface area contributed by atoms with E-state index >= 15 is 0 Å². The zero-order valence-electron chi connectivity index (χ0n) is 21.1. The minimum Gasteiger partial charge on any atom is -0.369 e. The Bertz CT molecular complexity index is 895. The van der Waals surface area contributed by atoms with Gasteiger partial charge in [-0.25, -0.2) is 0 Å². The summed E-state index contributed by atoms with van der Waals surface area (Å²) in [6, 6.07) is 7.97. The molecule has 1 aliphatic heterocycles. The van der Waals surface area contributed by atoms with Crippen LogP contribution in [0.3, 0.4) is 0 Å². The third kappa shape index (κ3) is 11.1. The zero-order valence-corrected chi connectivity index (χ0v) is 21.1. The first-order valence-electron chi connectivity index (χ1n) is 12.1. The third-order valence-corrected chi connectivity index (χ3v) is 6.24. The number of carbonyl (C=O) groups is 4. The standard InChI is InChI=1S/C24H40N8O4/c1-18-2-4-19(5-3-18)12-20-13-31(16-23(27)35)9-8-29(14-21(25)33)6-7-30(15-22(26)34)10-11-32(20)17-24(28)36/h2-5,20H,6-17H2,1H3,(H2,25,33)(H2,26,34)(H2,27,35)(H2,28,36). The fourth-order valence-electron chi connectivity index (χ4n) is 4.47. The van der Waals surface area contributed by atoms with Crippen LogP contribution < -0.4 is 22.9 Å². The van der Waals surface area contributed by atoms with Gasteiger partial charge in [0, 0.05) is 51.9 Å². The molecule has 0 aromatic heterocycles. The molecule has 0 saturated carbocycles. The van der Waals surface area contributed by atoms with E-state index in [4.69, 9.17) is 22.9 Å². The van der Waals surface area contributed by atoms with Gasteiger partial charge in [-0.2, -0.15) is 0 Å². The molecule has 0 bridgehead atoms. The molecule has 200 valence electrons. The van der Waals surface area contributed by atoms with Crippen LogP contribution in [0.25, 0.3) is 0 Å². The van der Waals surface area contributed by atoms with E-state index in [1.165, 1.54) is 0 Å². The van der Waals surface area contributed by atoms with E-state index in [1.807, 2.05) is 50.8 Å². The van der Waals surface area contributed by atoms with E-state index in [2.05, 4.69) is 0 Å². The van der Waals surface area contributed by atoms with Gasteiger partial charge in [0.15, 0.2) is 0 Å². The highest BCUT2D eigenvalue weighted by Gasteiger charge is 2.26. The number of primary amides is 4. The predicted octanol–water partition coefficient (Wildman–Crippen LogP) is -2.93. The van der Waals surface area contributed by atoms with Crippen molar-refractivity contribution >= 4 is 23.6 Å². The lowest BCUT2D eigenvalue weighted by Gasteiger charge is -2.38. The van der Waals surface area contributed by atoms with Crippen molar-refractivity contribution in [3.8, 4) is 0 Å². The van der Waals surface area contributed by atoms with E-state index in [-0.39, 0.29) is 32.2 Å². The van der Waals surface area contributed by atoms with Crippen molar-refractivity contribution in [2.45, 2.75) is 19.4 Å². The molecule has 1 aromatic carbocycles. The first-order chi connectivity index (χ1) is 17.0. The van der Waals surface area contributed by atoms with Gasteiger partial charge in [0.2, 0.25) is 23.6 Å². The Morgan fingerprint density at radius 2 is 1.08 bits per heavy atom. The topological polar surface area (TPSA) is 185 Å². The third-order valence-electron chi connectivity index (χ3n) is 6.24. The van der Waals surface area contributed by atoms with Crippen molar-refractivity contribution in [1.29, 1.82) is 0 Å². The maximum absolute atomic E-state index is 12.0. The summed E-state index contributed by atoms with van der Waals surface area (Å²) in [5.74, 6) is -1.86. The highest BCUT2D eigenvalue weighted by atomic mass is 16.2. The van der Waals surface area contributed by atoms with Crippen LogP contribution in [-0.2, 0) is 25.6 Å². The summed E-state index contributed by atoms with van der Waals surface area (Å²) < 4.78 is 0. The number of carbonyl (C=O) groups excluding carboxylic acids is 4. The first-order valence-corrected chi connectivity index (χ1v) is 12.1. The maximum atomic E-state index is 12.0. The van der Waals surface area contributed by atoms with Crippen LogP contribution in [0.5, 0.6) is 0 Å². The van der Waals surface area contributed by atoms with Crippen LogP contribution in [0.2, 0.25) is 0 Å². The summed E-state index contributed by atoms with van der Waals surface area (Å²) in [4.78, 5) is 54.9. The zero-order chi connectivity index (χ0) is 26.7. The molecule has 1 aromatic rings. The van der Waals surface area contributed by atoms with Crippen LogP contribution in [0.4, 0.5) is 0 Å². The Kier molecular flexibility index (Phi) is 11.7. The van der Waals surface area contributed by atoms with Gasteiger partial charge >= 0.3 is 0 Å². The quantitative estimate of drug-likeness (QED) is 0.261. The first kappa shape index (κ1) is 29.2. The van der Waals surface area contributed by atoms with Crippen molar-refractivity contribution in [3.63, 3.8) is 0 Å². The van der Waals surface area contributed by atoms with Gasteiger partial charge in [-0.1, -0.05) is 29.8 Å². The molecule has 12 heteroatoms. The number of amides is 4. The second kappa shape index (κ2) is 14.5. The van der Waals surface area contributed by atoms with Gasteiger partial charge in [-0.15, -0.1) is 0 Å². The summed E-state index contributed by atoms with van der Waals surface area (Å²) >= 11 is 0. The minimum atomic E-state index is -0.466. The van der Waals surface area contributed by atoms with E-state index in [0.29, 0.717) is 52.2 Å². The summed E-state index contributed by atoms with van der Waals surface area (Å²) in [6.45, 7) is 5.40. The molecule has 1 atom stereocenters. The summed E-state index contributed by atoms with van der Waals surface area (Å²) in [7, 11) is 0. The number of nitrogens with zero attached hydrogens (tertiary/aromatic N) is 4. The Labute approximate surface area is 212 Å². The van der Waals surface area contributed by atoms with E-state index in [0.717, 1.165) is 11.1 Å².